The number of aromatic hydroxyl groups is 1. The second kappa shape index (κ2) is 6.02. The summed E-state index contributed by atoms with van der Waals surface area (Å²) in [5.74, 6) is 0.274. The molecule has 0 radical (unpaired) electrons. The van der Waals surface area contributed by atoms with Gasteiger partial charge in [-0.2, -0.15) is 0 Å². The van der Waals surface area contributed by atoms with Crippen molar-refractivity contribution >= 4 is 5.91 Å². The van der Waals surface area contributed by atoms with Gasteiger partial charge < -0.3 is 14.9 Å². The maximum Gasteiger partial charge on any atom is 0.276 e. The molecule has 104 valence electrons. The van der Waals surface area contributed by atoms with Crippen LogP contribution in [0.1, 0.15) is 23.3 Å². The van der Waals surface area contributed by atoms with Crippen molar-refractivity contribution < 1.29 is 9.90 Å². The Bertz CT molecular complexity index is 442. The van der Waals surface area contributed by atoms with E-state index in [0.29, 0.717) is 5.92 Å². The summed E-state index contributed by atoms with van der Waals surface area (Å²) in [6, 6.07) is 3.10. The average molecular weight is 263 g/mol. The minimum Gasteiger partial charge on any atom is -0.505 e. The third-order valence-electron chi connectivity index (χ3n) is 3.71. The van der Waals surface area contributed by atoms with Gasteiger partial charge in [-0.05, 0) is 51.0 Å². The number of aromatic nitrogens is 1. The maximum atomic E-state index is 12.2. The van der Waals surface area contributed by atoms with Gasteiger partial charge in [0.2, 0.25) is 0 Å². The lowest BCUT2D eigenvalue weighted by atomic mass is 9.96. The van der Waals surface area contributed by atoms with E-state index in [4.69, 9.17) is 0 Å². The predicted molar refractivity (Wildman–Crippen MR) is 73.1 cm³/mol. The van der Waals surface area contributed by atoms with Gasteiger partial charge >= 0.3 is 0 Å². The molecule has 0 bridgehead atoms. The first-order valence-electron chi connectivity index (χ1n) is 6.66. The highest BCUT2D eigenvalue weighted by molar-refractivity contribution is 5.94. The quantitative estimate of drug-likeness (QED) is 0.890. The molecule has 1 N–H and O–H groups in total. The van der Waals surface area contributed by atoms with Crippen molar-refractivity contribution in [2.24, 2.45) is 5.92 Å². The zero-order chi connectivity index (χ0) is 13.8. The maximum absolute atomic E-state index is 12.2. The minimum atomic E-state index is -0.211. The van der Waals surface area contributed by atoms with Gasteiger partial charge in [0, 0.05) is 19.8 Å². The van der Waals surface area contributed by atoms with Gasteiger partial charge in [0.1, 0.15) is 5.75 Å². The molecule has 0 atom stereocenters. The summed E-state index contributed by atoms with van der Waals surface area (Å²) in [4.78, 5) is 20.1. The molecule has 1 aliphatic heterocycles. The Morgan fingerprint density at radius 2 is 2.21 bits per heavy atom. The highest BCUT2D eigenvalue weighted by atomic mass is 16.3. The molecule has 5 heteroatoms. The Hall–Kier alpha value is -1.62. The Morgan fingerprint density at radius 1 is 1.53 bits per heavy atom. The molecular formula is C14H21N3O2. The van der Waals surface area contributed by atoms with Crippen LogP contribution in [0.25, 0.3) is 0 Å². The number of carbonyl (C=O) groups is 1. The molecule has 0 aromatic carbocycles. The number of likely N-dealkylation sites (tertiary alicyclic amines) is 1. The molecule has 1 amide bonds. The number of rotatable bonds is 3. The SMILES string of the molecule is CN1CCC(CN(C)C(=O)c2ncccc2O)CC1. The van der Waals surface area contributed by atoms with Gasteiger partial charge in [-0.3, -0.25) is 4.79 Å². The van der Waals surface area contributed by atoms with Crippen molar-refractivity contribution in [3.05, 3.63) is 24.0 Å². The number of hydrogen-bond acceptors (Lipinski definition) is 4. The van der Waals surface area contributed by atoms with E-state index in [-0.39, 0.29) is 17.4 Å². The normalized spacial score (nSPS) is 17.4. The summed E-state index contributed by atoms with van der Waals surface area (Å²) in [6.07, 6.45) is 3.75. The van der Waals surface area contributed by atoms with Gasteiger partial charge in [-0.15, -0.1) is 0 Å². The van der Waals surface area contributed by atoms with E-state index in [1.54, 1.807) is 18.0 Å². The van der Waals surface area contributed by atoms with Gasteiger partial charge in [0.25, 0.3) is 5.91 Å². The summed E-state index contributed by atoms with van der Waals surface area (Å²) in [5.41, 5.74) is 0.137. The van der Waals surface area contributed by atoms with Crippen LogP contribution in [0.4, 0.5) is 0 Å². The van der Waals surface area contributed by atoms with Gasteiger partial charge in [-0.1, -0.05) is 0 Å². The van der Waals surface area contributed by atoms with Crippen molar-refractivity contribution in [3.63, 3.8) is 0 Å². The molecule has 0 saturated carbocycles. The topological polar surface area (TPSA) is 56.7 Å². The molecular weight excluding hydrogens is 242 g/mol. The Labute approximate surface area is 113 Å². The van der Waals surface area contributed by atoms with E-state index in [1.807, 2.05) is 0 Å². The highest BCUT2D eigenvalue weighted by Gasteiger charge is 2.22. The van der Waals surface area contributed by atoms with Crippen LogP contribution in [0.3, 0.4) is 0 Å². The van der Waals surface area contributed by atoms with Crippen LogP contribution in [-0.2, 0) is 0 Å². The van der Waals surface area contributed by atoms with Crippen LogP contribution in [0.5, 0.6) is 5.75 Å². The van der Waals surface area contributed by atoms with Crippen molar-refractivity contribution in [2.45, 2.75) is 12.8 Å². The zero-order valence-electron chi connectivity index (χ0n) is 11.5. The van der Waals surface area contributed by atoms with Crippen LogP contribution in [0.2, 0.25) is 0 Å². The minimum absolute atomic E-state index is 0.0530. The molecule has 2 heterocycles. The van der Waals surface area contributed by atoms with Crippen molar-refractivity contribution in [1.82, 2.24) is 14.8 Å². The smallest absolute Gasteiger partial charge is 0.276 e. The Morgan fingerprint density at radius 3 is 2.84 bits per heavy atom. The fraction of sp³-hybridized carbons (Fsp3) is 0.571. The van der Waals surface area contributed by atoms with E-state index in [2.05, 4.69) is 16.9 Å². The lowest BCUT2D eigenvalue weighted by Crippen LogP contribution is -2.38. The summed E-state index contributed by atoms with van der Waals surface area (Å²) in [5, 5.41) is 9.65. The fourth-order valence-electron chi connectivity index (χ4n) is 2.46. The number of piperidine rings is 1. The predicted octanol–water partition coefficient (Wildman–Crippen LogP) is 1.20. The van der Waals surface area contributed by atoms with Gasteiger partial charge in [-0.25, -0.2) is 4.98 Å². The molecule has 19 heavy (non-hydrogen) atoms. The largest absolute Gasteiger partial charge is 0.505 e. The van der Waals surface area contributed by atoms with E-state index in [9.17, 15) is 9.90 Å². The van der Waals surface area contributed by atoms with Crippen molar-refractivity contribution in [2.75, 3.05) is 33.7 Å². The molecule has 1 saturated heterocycles. The first-order chi connectivity index (χ1) is 9.08. The van der Waals surface area contributed by atoms with E-state index in [1.165, 1.54) is 12.3 Å². The van der Waals surface area contributed by atoms with Gasteiger partial charge in [0.05, 0.1) is 0 Å². The molecule has 0 unspecified atom stereocenters. The van der Waals surface area contributed by atoms with Crippen LogP contribution >= 0.6 is 0 Å². The first kappa shape index (κ1) is 13.8. The van der Waals surface area contributed by atoms with Crippen molar-refractivity contribution in [3.8, 4) is 5.75 Å². The van der Waals surface area contributed by atoms with Crippen LogP contribution in [-0.4, -0.2) is 59.5 Å². The number of nitrogens with zero attached hydrogens (tertiary/aromatic N) is 3. The lowest BCUT2D eigenvalue weighted by Gasteiger charge is -2.31. The third kappa shape index (κ3) is 3.44. The molecule has 0 spiro atoms. The summed E-state index contributed by atoms with van der Waals surface area (Å²) in [7, 11) is 3.89. The molecule has 1 fully saturated rings. The molecule has 0 aliphatic carbocycles. The first-order valence-corrected chi connectivity index (χ1v) is 6.66. The van der Waals surface area contributed by atoms with Crippen LogP contribution in [0.15, 0.2) is 18.3 Å². The van der Waals surface area contributed by atoms with E-state index >= 15 is 0 Å². The van der Waals surface area contributed by atoms with Crippen LogP contribution < -0.4 is 0 Å². The molecule has 1 aromatic rings. The van der Waals surface area contributed by atoms with Crippen molar-refractivity contribution in [1.29, 1.82) is 0 Å². The van der Waals surface area contributed by atoms with Crippen LogP contribution in [0, 0.1) is 5.92 Å². The molecule has 2 rings (SSSR count). The average Bonchev–Trinajstić information content (AvgIpc) is 2.41. The lowest BCUT2D eigenvalue weighted by molar-refractivity contribution is 0.0738. The Kier molecular flexibility index (Phi) is 4.37. The number of hydrogen-bond donors (Lipinski definition) is 1. The standard InChI is InChI=1S/C14H21N3O2/c1-16-8-5-11(6-9-16)10-17(2)14(19)13-12(18)4-3-7-15-13/h3-4,7,11,18H,5-6,8-10H2,1-2H3. The molecule has 5 nitrogen and oxygen atoms in total. The highest BCUT2D eigenvalue weighted by Crippen LogP contribution is 2.19. The second-order valence-corrected chi connectivity index (χ2v) is 5.30. The second-order valence-electron chi connectivity index (χ2n) is 5.30. The summed E-state index contributed by atoms with van der Waals surface area (Å²) < 4.78 is 0. The van der Waals surface area contributed by atoms with E-state index < -0.39 is 0 Å². The molecule has 1 aromatic heterocycles. The molecule has 1 aliphatic rings. The number of amides is 1. The number of pyridine rings is 1. The fourth-order valence-corrected chi connectivity index (χ4v) is 2.46. The third-order valence-corrected chi connectivity index (χ3v) is 3.71. The zero-order valence-corrected chi connectivity index (χ0v) is 11.5. The summed E-state index contributed by atoms with van der Waals surface area (Å²) in [6.45, 7) is 2.89. The monoisotopic (exact) mass is 263 g/mol. The summed E-state index contributed by atoms with van der Waals surface area (Å²) >= 11 is 0. The van der Waals surface area contributed by atoms with E-state index in [0.717, 1.165) is 32.5 Å². The van der Waals surface area contributed by atoms with Gasteiger partial charge in [0.15, 0.2) is 5.69 Å². The number of carbonyl (C=O) groups excluding carboxylic acids is 1. The Balaban J connectivity index is 1.94.